The van der Waals surface area contributed by atoms with Gasteiger partial charge in [0.1, 0.15) is 5.82 Å². The molecule has 0 aliphatic rings. The van der Waals surface area contributed by atoms with Gasteiger partial charge in [-0.3, -0.25) is 9.59 Å². The summed E-state index contributed by atoms with van der Waals surface area (Å²) in [5, 5.41) is 5.50. The van der Waals surface area contributed by atoms with E-state index in [0.717, 1.165) is 0 Å². The molecule has 0 fully saturated rings. The molecule has 108 valence electrons. The molecule has 0 saturated carbocycles. The van der Waals surface area contributed by atoms with E-state index in [9.17, 15) is 14.0 Å². The first kappa shape index (κ1) is 14.7. The van der Waals surface area contributed by atoms with Crippen LogP contribution in [0.5, 0.6) is 0 Å². The Labute approximate surface area is 122 Å². The van der Waals surface area contributed by atoms with E-state index in [1.54, 1.807) is 36.4 Å². The van der Waals surface area contributed by atoms with Gasteiger partial charge in [0.2, 0.25) is 5.91 Å². The minimum Gasteiger partial charge on any atom is -0.376 e. The van der Waals surface area contributed by atoms with Crippen LogP contribution in [0.1, 0.15) is 17.3 Å². The van der Waals surface area contributed by atoms with Crippen LogP contribution in [0, 0.1) is 5.82 Å². The molecule has 4 nitrogen and oxygen atoms in total. The van der Waals surface area contributed by atoms with Crippen LogP contribution in [0.3, 0.4) is 0 Å². The van der Waals surface area contributed by atoms with E-state index in [1.165, 1.54) is 19.1 Å². The molecule has 5 heteroatoms. The zero-order valence-corrected chi connectivity index (χ0v) is 11.5. The van der Waals surface area contributed by atoms with Gasteiger partial charge >= 0.3 is 0 Å². The summed E-state index contributed by atoms with van der Waals surface area (Å²) < 4.78 is 13.0. The Hall–Kier alpha value is -2.69. The van der Waals surface area contributed by atoms with E-state index in [1.807, 2.05) is 0 Å². The zero-order chi connectivity index (χ0) is 15.2. The highest BCUT2D eigenvalue weighted by atomic mass is 19.1. The summed E-state index contributed by atoms with van der Waals surface area (Å²) in [7, 11) is 0. The van der Waals surface area contributed by atoms with E-state index >= 15 is 0 Å². The normalized spacial score (nSPS) is 10.0. The van der Waals surface area contributed by atoms with E-state index in [0.29, 0.717) is 16.9 Å². The van der Waals surface area contributed by atoms with Gasteiger partial charge < -0.3 is 10.6 Å². The highest BCUT2D eigenvalue weighted by Gasteiger charge is 2.05. The standard InChI is InChI=1S/C16H15FN2O2/c1-11(20)12-4-2-7-15(8-12)19-16(21)10-18-14-6-3-5-13(17)9-14/h2-9,18H,10H2,1H3,(H,19,21). The predicted octanol–water partition coefficient (Wildman–Crippen LogP) is 3.08. The molecule has 2 aromatic rings. The molecule has 1 amide bonds. The molecule has 2 rings (SSSR count). The highest BCUT2D eigenvalue weighted by molar-refractivity contribution is 5.98. The lowest BCUT2D eigenvalue weighted by molar-refractivity contribution is -0.114. The molecule has 0 heterocycles. The molecule has 0 radical (unpaired) electrons. The van der Waals surface area contributed by atoms with Crippen molar-refractivity contribution in [1.82, 2.24) is 0 Å². The number of anilines is 2. The van der Waals surface area contributed by atoms with Crippen molar-refractivity contribution >= 4 is 23.1 Å². The van der Waals surface area contributed by atoms with Gasteiger partial charge in [0.25, 0.3) is 0 Å². The minimum atomic E-state index is -0.366. The average molecular weight is 286 g/mol. The second-order valence-electron chi connectivity index (χ2n) is 4.55. The molecular weight excluding hydrogens is 271 g/mol. The van der Waals surface area contributed by atoms with Gasteiger partial charge in [-0.1, -0.05) is 18.2 Å². The predicted molar refractivity (Wildman–Crippen MR) is 80.0 cm³/mol. The number of ketones is 1. The molecule has 21 heavy (non-hydrogen) atoms. The van der Waals surface area contributed by atoms with Gasteiger partial charge in [0.05, 0.1) is 6.54 Å². The SMILES string of the molecule is CC(=O)c1cccc(NC(=O)CNc2cccc(F)c2)c1. The van der Waals surface area contributed by atoms with Crippen LogP contribution in [0.15, 0.2) is 48.5 Å². The molecule has 0 saturated heterocycles. The Morgan fingerprint density at radius 3 is 2.48 bits per heavy atom. The number of carbonyl (C=O) groups is 2. The smallest absolute Gasteiger partial charge is 0.243 e. The Kier molecular flexibility index (Phi) is 4.66. The molecular formula is C16H15FN2O2. The third kappa shape index (κ3) is 4.42. The number of rotatable bonds is 5. The first-order chi connectivity index (χ1) is 10.0. The lowest BCUT2D eigenvalue weighted by atomic mass is 10.1. The molecule has 2 N–H and O–H groups in total. The van der Waals surface area contributed by atoms with Crippen molar-refractivity contribution in [2.45, 2.75) is 6.92 Å². The maximum Gasteiger partial charge on any atom is 0.243 e. The van der Waals surface area contributed by atoms with Crippen LogP contribution in [-0.4, -0.2) is 18.2 Å². The van der Waals surface area contributed by atoms with Gasteiger partial charge in [0, 0.05) is 16.9 Å². The van der Waals surface area contributed by atoms with Gasteiger partial charge in [-0.2, -0.15) is 0 Å². The molecule has 0 bridgehead atoms. The van der Waals surface area contributed by atoms with Crippen LogP contribution >= 0.6 is 0 Å². The van der Waals surface area contributed by atoms with Crippen LogP contribution < -0.4 is 10.6 Å². The Morgan fingerprint density at radius 2 is 1.76 bits per heavy atom. The average Bonchev–Trinajstić information content (AvgIpc) is 2.45. The minimum absolute atomic E-state index is 0.00769. The molecule has 0 aliphatic heterocycles. The van der Waals surface area contributed by atoms with Crippen molar-refractivity contribution < 1.29 is 14.0 Å². The van der Waals surface area contributed by atoms with Crippen molar-refractivity contribution in [3.05, 3.63) is 59.9 Å². The third-order valence-electron chi connectivity index (χ3n) is 2.83. The fourth-order valence-corrected chi connectivity index (χ4v) is 1.80. The Morgan fingerprint density at radius 1 is 1.05 bits per heavy atom. The third-order valence-corrected chi connectivity index (χ3v) is 2.83. The van der Waals surface area contributed by atoms with E-state index < -0.39 is 0 Å². The number of nitrogens with one attached hydrogen (secondary N) is 2. The first-order valence-electron chi connectivity index (χ1n) is 6.45. The number of amides is 1. The fraction of sp³-hybridized carbons (Fsp3) is 0.125. The molecule has 0 aromatic heterocycles. The number of carbonyl (C=O) groups excluding carboxylic acids is 2. The second-order valence-corrected chi connectivity index (χ2v) is 4.55. The summed E-state index contributed by atoms with van der Waals surface area (Å²) in [6, 6.07) is 12.6. The maximum absolute atomic E-state index is 13.0. The highest BCUT2D eigenvalue weighted by Crippen LogP contribution is 2.12. The van der Waals surface area contributed by atoms with Crippen molar-refractivity contribution in [3.63, 3.8) is 0 Å². The van der Waals surface area contributed by atoms with E-state index in [-0.39, 0.29) is 24.1 Å². The van der Waals surface area contributed by atoms with Gasteiger partial charge in [-0.15, -0.1) is 0 Å². The summed E-state index contributed by atoms with van der Waals surface area (Å²) in [4.78, 5) is 23.1. The number of benzene rings is 2. The lowest BCUT2D eigenvalue weighted by Crippen LogP contribution is -2.21. The largest absolute Gasteiger partial charge is 0.376 e. The molecule has 0 unspecified atom stereocenters. The Balaban J connectivity index is 1.93. The zero-order valence-electron chi connectivity index (χ0n) is 11.5. The summed E-state index contributed by atoms with van der Waals surface area (Å²) in [5.41, 5.74) is 1.61. The summed E-state index contributed by atoms with van der Waals surface area (Å²) >= 11 is 0. The van der Waals surface area contributed by atoms with Gasteiger partial charge in [-0.25, -0.2) is 4.39 Å². The molecule has 0 aliphatic carbocycles. The van der Waals surface area contributed by atoms with Gasteiger partial charge in [0.15, 0.2) is 5.78 Å². The molecule has 0 spiro atoms. The van der Waals surface area contributed by atoms with Crippen LogP contribution in [0.4, 0.5) is 15.8 Å². The topological polar surface area (TPSA) is 58.2 Å². The van der Waals surface area contributed by atoms with E-state index in [4.69, 9.17) is 0 Å². The first-order valence-corrected chi connectivity index (χ1v) is 6.45. The quantitative estimate of drug-likeness (QED) is 0.830. The van der Waals surface area contributed by atoms with Crippen molar-refractivity contribution in [1.29, 1.82) is 0 Å². The van der Waals surface area contributed by atoms with Gasteiger partial charge in [-0.05, 0) is 37.3 Å². The number of hydrogen-bond donors (Lipinski definition) is 2. The Bertz CT molecular complexity index is 671. The number of hydrogen-bond acceptors (Lipinski definition) is 3. The summed E-state index contributed by atoms with van der Waals surface area (Å²) in [6.07, 6.45) is 0. The number of halogens is 1. The van der Waals surface area contributed by atoms with Crippen molar-refractivity contribution in [2.75, 3.05) is 17.2 Å². The lowest BCUT2D eigenvalue weighted by Gasteiger charge is -2.08. The van der Waals surface area contributed by atoms with Crippen molar-refractivity contribution in [2.24, 2.45) is 0 Å². The molecule has 0 atom stereocenters. The van der Waals surface area contributed by atoms with Crippen LogP contribution in [0.2, 0.25) is 0 Å². The van der Waals surface area contributed by atoms with Crippen LogP contribution in [0.25, 0.3) is 0 Å². The summed E-state index contributed by atoms with van der Waals surface area (Å²) in [6.45, 7) is 1.47. The monoisotopic (exact) mass is 286 g/mol. The van der Waals surface area contributed by atoms with Crippen molar-refractivity contribution in [3.8, 4) is 0 Å². The molecule has 2 aromatic carbocycles. The summed E-state index contributed by atoms with van der Waals surface area (Å²) in [5.74, 6) is -0.710. The maximum atomic E-state index is 13.0. The fourth-order valence-electron chi connectivity index (χ4n) is 1.80. The van der Waals surface area contributed by atoms with Crippen LogP contribution in [-0.2, 0) is 4.79 Å². The second kappa shape index (κ2) is 6.65. The van der Waals surface area contributed by atoms with E-state index in [2.05, 4.69) is 10.6 Å². The number of Topliss-reactive ketones (excluding diaryl/α,β-unsaturated/α-hetero) is 1.